The van der Waals surface area contributed by atoms with Crippen molar-refractivity contribution in [2.75, 3.05) is 0 Å². The van der Waals surface area contributed by atoms with Crippen LogP contribution in [0.4, 0.5) is 0 Å². The summed E-state index contributed by atoms with van der Waals surface area (Å²) in [7, 11) is 0. The third kappa shape index (κ3) is 1.61. The van der Waals surface area contributed by atoms with Crippen molar-refractivity contribution in [3.63, 3.8) is 0 Å². The number of rotatable bonds is 3. The first kappa shape index (κ1) is 14.6. The molecule has 0 amide bonds. The summed E-state index contributed by atoms with van der Waals surface area (Å²) in [5, 5.41) is 0. The van der Waals surface area contributed by atoms with E-state index in [1.807, 2.05) is 22.9 Å². The van der Waals surface area contributed by atoms with Crippen LogP contribution in [-0.2, 0) is 12.0 Å². The van der Waals surface area contributed by atoms with Crippen LogP contribution in [0.5, 0.6) is 0 Å². The lowest BCUT2D eigenvalue weighted by molar-refractivity contribution is 0.214. The van der Waals surface area contributed by atoms with Gasteiger partial charge in [0.15, 0.2) is 0 Å². The van der Waals surface area contributed by atoms with Gasteiger partial charge in [-0.15, -0.1) is 0 Å². The summed E-state index contributed by atoms with van der Waals surface area (Å²) in [6.07, 6.45) is 4.98. The highest BCUT2D eigenvalue weighted by molar-refractivity contribution is 5.47. The molecule has 2 bridgehead atoms. The molecule has 126 valence electrons. The molecule has 1 aromatic heterocycles. The van der Waals surface area contributed by atoms with Gasteiger partial charge in [0.25, 0.3) is 5.56 Å². The van der Waals surface area contributed by atoms with Gasteiger partial charge in [0, 0.05) is 17.5 Å². The molecule has 24 heavy (non-hydrogen) atoms. The Kier molecular flexibility index (Phi) is 2.69. The highest BCUT2D eigenvalue weighted by Gasteiger charge is 2.63. The number of para-hydroxylation sites is 1. The van der Waals surface area contributed by atoms with E-state index in [1.54, 1.807) is 0 Å². The molecule has 0 spiro atoms. The molecule has 5 rings (SSSR count). The molecule has 3 heteroatoms. The van der Waals surface area contributed by atoms with E-state index in [2.05, 4.69) is 37.6 Å². The van der Waals surface area contributed by atoms with Crippen LogP contribution in [0, 0.1) is 11.3 Å². The minimum Gasteiger partial charge on any atom is -0.281 e. The van der Waals surface area contributed by atoms with Crippen molar-refractivity contribution in [3.8, 4) is 5.69 Å². The lowest BCUT2D eigenvalue weighted by Crippen LogP contribution is -2.36. The molecule has 2 aromatic rings. The van der Waals surface area contributed by atoms with Crippen molar-refractivity contribution in [1.29, 1.82) is 0 Å². The van der Waals surface area contributed by atoms with Crippen molar-refractivity contribution < 1.29 is 0 Å². The summed E-state index contributed by atoms with van der Waals surface area (Å²) >= 11 is 0. The number of hydrogen-bond donors (Lipinski definition) is 0. The summed E-state index contributed by atoms with van der Waals surface area (Å²) < 4.78 is 4.35. The van der Waals surface area contributed by atoms with Gasteiger partial charge >= 0.3 is 0 Å². The number of aromatic nitrogens is 2. The van der Waals surface area contributed by atoms with Gasteiger partial charge in [0.1, 0.15) is 0 Å². The highest BCUT2D eigenvalue weighted by atomic mass is 16.1. The first-order valence-corrected chi connectivity index (χ1v) is 9.37. The summed E-state index contributed by atoms with van der Waals surface area (Å²) in [6, 6.07) is 10.2. The molecule has 3 aliphatic rings. The van der Waals surface area contributed by atoms with Gasteiger partial charge in [-0.3, -0.25) is 9.48 Å². The van der Waals surface area contributed by atoms with E-state index in [-0.39, 0.29) is 16.4 Å². The number of benzene rings is 1. The number of nitrogens with zero attached hydrogens (tertiary/aromatic N) is 2. The third-order valence-electron chi connectivity index (χ3n) is 7.40. The Labute approximate surface area is 143 Å². The quantitative estimate of drug-likeness (QED) is 0.831. The smallest absolute Gasteiger partial charge is 0.275 e. The maximum absolute atomic E-state index is 13.4. The zero-order chi connectivity index (χ0) is 16.7. The Hall–Kier alpha value is -1.77. The summed E-state index contributed by atoms with van der Waals surface area (Å²) in [5.41, 5.74) is 4.04. The Morgan fingerprint density at radius 2 is 1.79 bits per heavy atom. The molecule has 0 radical (unpaired) electrons. The monoisotopic (exact) mass is 322 g/mol. The van der Waals surface area contributed by atoms with Crippen molar-refractivity contribution in [2.45, 2.75) is 64.3 Å². The van der Waals surface area contributed by atoms with Gasteiger partial charge in [0.2, 0.25) is 0 Å². The second-order valence-electron chi connectivity index (χ2n) is 8.89. The van der Waals surface area contributed by atoms with E-state index in [0.29, 0.717) is 5.92 Å². The zero-order valence-corrected chi connectivity index (χ0v) is 14.9. The Morgan fingerprint density at radius 1 is 1.08 bits per heavy atom. The van der Waals surface area contributed by atoms with E-state index >= 15 is 0 Å². The molecule has 0 N–H and O–H groups in total. The number of hydrogen-bond acceptors (Lipinski definition) is 1. The van der Waals surface area contributed by atoms with Crippen LogP contribution in [0.15, 0.2) is 35.1 Å². The fourth-order valence-electron chi connectivity index (χ4n) is 5.43. The Balaban J connectivity index is 1.81. The molecule has 1 heterocycles. The molecule has 2 fully saturated rings. The fourth-order valence-corrected chi connectivity index (χ4v) is 5.43. The molecule has 2 atom stereocenters. The second-order valence-corrected chi connectivity index (χ2v) is 8.89. The molecule has 3 nitrogen and oxygen atoms in total. The van der Waals surface area contributed by atoms with Crippen molar-refractivity contribution in [2.24, 2.45) is 11.3 Å². The average Bonchev–Trinajstić information content (AvgIpc) is 3.25. The van der Waals surface area contributed by atoms with Crippen LogP contribution in [0.1, 0.15) is 63.6 Å². The van der Waals surface area contributed by atoms with Gasteiger partial charge in [-0.25, -0.2) is 4.68 Å². The first-order valence-electron chi connectivity index (χ1n) is 9.37. The number of fused-ring (bicyclic) bond motifs is 5. The van der Waals surface area contributed by atoms with E-state index in [0.717, 1.165) is 30.1 Å². The fraction of sp³-hybridized carbons (Fsp3) is 0.571. The van der Waals surface area contributed by atoms with Crippen LogP contribution in [0.25, 0.3) is 5.69 Å². The van der Waals surface area contributed by atoms with Crippen LogP contribution in [0.3, 0.4) is 0 Å². The van der Waals surface area contributed by atoms with Crippen LogP contribution in [0.2, 0.25) is 0 Å². The summed E-state index contributed by atoms with van der Waals surface area (Å²) in [4.78, 5) is 13.4. The maximum Gasteiger partial charge on any atom is 0.275 e. The summed E-state index contributed by atoms with van der Waals surface area (Å²) in [5.74, 6) is 1.17. The lowest BCUT2D eigenvalue weighted by Gasteiger charge is -2.36. The predicted octanol–water partition coefficient (Wildman–Crippen LogP) is 4.22. The van der Waals surface area contributed by atoms with E-state index in [1.165, 1.54) is 25.0 Å². The van der Waals surface area contributed by atoms with Gasteiger partial charge in [-0.2, -0.15) is 0 Å². The molecule has 2 saturated carbocycles. The molecular formula is C21H26N2O. The minimum absolute atomic E-state index is 0.126. The molecular weight excluding hydrogens is 296 g/mol. The van der Waals surface area contributed by atoms with Gasteiger partial charge in [0.05, 0.1) is 11.4 Å². The SMILES string of the molecule is CC1(C)[C@@H]2CC[C@@]1(C)c1c2c(=O)n(-c2ccccc2)n1CC1CC1. The van der Waals surface area contributed by atoms with Crippen molar-refractivity contribution in [3.05, 3.63) is 51.9 Å². The van der Waals surface area contributed by atoms with E-state index in [9.17, 15) is 4.79 Å². The first-order chi connectivity index (χ1) is 11.4. The molecule has 3 aliphatic carbocycles. The van der Waals surface area contributed by atoms with Gasteiger partial charge in [-0.1, -0.05) is 39.0 Å². The normalized spacial score (nSPS) is 29.9. The molecule has 0 unspecified atom stereocenters. The third-order valence-corrected chi connectivity index (χ3v) is 7.40. The highest BCUT2D eigenvalue weighted by Crippen LogP contribution is 2.67. The lowest BCUT2D eigenvalue weighted by atomic mass is 9.70. The predicted molar refractivity (Wildman–Crippen MR) is 95.9 cm³/mol. The van der Waals surface area contributed by atoms with Crippen molar-refractivity contribution >= 4 is 0 Å². The van der Waals surface area contributed by atoms with Crippen LogP contribution >= 0.6 is 0 Å². The van der Waals surface area contributed by atoms with Crippen LogP contribution in [-0.4, -0.2) is 9.36 Å². The Bertz CT molecular complexity index is 869. The van der Waals surface area contributed by atoms with Crippen molar-refractivity contribution in [1.82, 2.24) is 9.36 Å². The van der Waals surface area contributed by atoms with Crippen LogP contribution < -0.4 is 5.56 Å². The topological polar surface area (TPSA) is 26.9 Å². The van der Waals surface area contributed by atoms with E-state index < -0.39 is 0 Å². The zero-order valence-electron chi connectivity index (χ0n) is 14.9. The average molecular weight is 322 g/mol. The second kappa shape index (κ2) is 4.44. The van der Waals surface area contributed by atoms with Gasteiger partial charge in [-0.05, 0) is 55.1 Å². The molecule has 0 aliphatic heterocycles. The van der Waals surface area contributed by atoms with E-state index in [4.69, 9.17) is 0 Å². The minimum atomic E-state index is 0.126. The standard InChI is InChI=1S/C21H26N2O/c1-20(2)16-11-12-21(20,3)18-17(16)19(24)23(15-7-5-4-6-8-15)22(18)13-14-9-10-14/h4-8,14,16H,9-13H2,1-3H3/t16-,21+/m1/s1. The summed E-state index contributed by atoms with van der Waals surface area (Å²) in [6.45, 7) is 8.14. The van der Waals surface area contributed by atoms with Gasteiger partial charge < -0.3 is 0 Å². The Morgan fingerprint density at radius 3 is 2.46 bits per heavy atom. The maximum atomic E-state index is 13.4. The molecule has 0 saturated heterocycles. The largest absolute Gasteiger partial charge is 0.281 e. The molecule has 1 aromatic carbocycles.